The second-order valence-corrected chi connectivity index (χ2v) is 3.65. The van der Waals surface area contributed by atoms with Gasteiger partial charge in [-0.05, 0) is 30.4 Å². The summed E-state index contributed by atoms with van der Waals surface area (Å²) in [5.74, 6) is -1.97. The maximum absolute atomic E-state index is 11.8. The van der Waals surface area contributed by atoms with E-state index in [1.807, 2.05) is 0 Å². The lowest BCUT2D eigenvalue weighted by molar-refractivity contribution is 0.0697. The molecule has 0 amide bonds. The Kier molecular flexibility index (Phi) is 3.42. The Morgan fingerprint density at radius 1 is 1.32 bits per heavy atom. The molecule has 6 nitrogen and oxygen atoms in total. The minimum atomic E-state index is -1.17. The van der Waals surface area contributed by atoms with Gasteiger partial charge in [0.1, 0.15) is 17.7 Å². The van der Waals surface area contributed by atoms with Crippen molar-refractivity contribution in [2.75, 3.05) is 0 Å². The van der Waals surface area contributed by atoms with Crippen LogP contribution in [-0.4, -0.2) is 26.9 Å². The molecule has 1 aromatic heterocycles. The lowest BCUT2D eigenvalue weighted by Gasteiger charge is -2.02. The second kappa shape index (κ2) is 5.18. The van der Waals surface area contributed by atoms with Gasteiger partial charge in [-0.25, -0.2) is 9.78 Å². The summed E-state index contributed by atoms with van der Waals surface area (Å²) in [6, 6.07) is 3.50. The molecule has 96 valence electrons. The van der Waals surface area contributed by atoms with Crippen molar-refractivity contribution in [3.8, 4) is 5.75 Å². The summed E-state index contributed by atoms with van der Waals surface area (Å²) in [5, 5.41) is 18.4. The van der Waals surface area contributed by atoms with Crippen molar-refractivity contribution in [1.29, 1.82) is 0 Å². The summed E-state index contributed by atoms with van der Waals surface area (Å²) in [5.41, 5.74) is 0.290. The van der Waals surface area contributed by atoms with E-state index in [0.29, 0.717) is 5.69 Å². The minimum absolute atomic E-state index is 0.0732. The van der Waals surface area contributed by atoms with Crippen LogP contribution in [-0.2, 0) is 0 Å². The number of phenols is 1. The van der Waals surface area contributed by atoms with E-state index < -0.39 is 11.8 Å². The average Bonchev–Trinajstić information content (AvgIpc) is 2.89. The fraction of sp³-hybridized carbons (Fsp3) is 0. The lowest BCUT2D eigenvalue weighted by atomic mass is 10.1. The SMILES string of the molecule is O=C(O)c1ccc(O)c(C(=O)/C=C/c2cocn2)c1. The highest BCUT2D eigenvalue weighted by molar-refractivity contribution is 6.09. The maximum Gasteiger partial charge on any atom is 0.335 e. The average molecular weight is 259 g/mol. The molecular formula is C13H9NO5. The molecule has 2 rings (SSSR count). The molecule has 0 bridgehead atoms. The molecule has 0 spiro atoms. The number of carbonyl (C=O) groups excluding carboxylic acids is 1. The van der Waals surface area contributed by atoms with E-state index in [9.17, 15) is 14.7 Å². The molecular weight excluding hydrogens is 250 g/mol. The third kappa shape index (κ3) is 2.86. The van der Waals surface area contributed by atoms with Gasteiger partial charge in [-0.15, -0.1) is 0 Å². The summed E-state index contributed by atoms with van der Waals surface area (Å²) >= 11 is 0. The van der Waals surface area contributed by atoms with Crippen LogP contribution < -0.4 is 0 Å². The predicted octanol–water partition coefficient (Wildman–Crippen LogP) is 1.97. The Labute approximate surface area is 107 Å². The summed E-state index contributed by atoms with van der Waals surface area (Å²) in [6.07, 6.45) is 5.14. The number of carboxylic acids is 1. The molecule has 0 aliphatic carbocycles. The number of rotatable bonds is 4. The zero-order valence-electron chi connectivity index (χ0n) is 9.61. The van der Waals surface area contributed by atoms with Crippen LogP contribution in [0.3, 0.4) is 0 Å². The number of carbonyl (C=O) groups is 2. The van der Waals surface area contributed by atoms with Gasteiger partial charge in [0.2, 0.25) is 0 Å². The van der Waals surface area contributed by atoms with Crippen molar-refractivity contribution in [3.05, 3.63) is 53.8 Å². The number of hydrogen-bond acceptors (Lipinski definition) is 5. The van der Waals surface area contributed by atoms with Crippen molar-refractivity contribution < 1.29 is 24.2 Å². The monoisotopic (exact) mass is 259 g/mol. The highest BCUT2D eigenvalue weighted by atomic mass is 16.4. The van der Waals surface area contributed by atoms with Gasteiger partial charge in [0.05, 0.1) is 11.1 Å². The number of hydrogen-bond donors (Lipinski definition) is 2. The first-order chi connectivity index (χ1) is 9.08. The second-order valence-electron chi connectivity index (χ2n) is 3.65. The highest BCUT2D eigenvalue weighted by Gasteiger charge is 2.12. The molecule has 1 aromatic carbocycles. The molecule has 2 aromatic rings. The predicted molar refractivity (Wildman–Crippen MR) is 64.9 cm³/mol. The summed E-state index contributed by atoms with van der Waals surface area (Å²) in [4.78, 5) is 26.4. The minimum Gasteiger partial charge on any atom is -0.507 e. The van der Waals surface area contributed by atoms with Gasteiger partial charge in [0.25, 0.3) is 0 Å². The van der Waals surface area contributed by atoms with Crippen LogP contribution in [0.1, 0.15) is 26.4 Å². The Bertz CT molecular complexity index is 643. The Balaban J connectivity index is 2.28. The number of allylic oxidation sites excluding steroid dienone is 1. The number of benzene rings is 1. The van der Waals surface area contributed by atoms with Gasteiger partial charge in [0, 0.05) is 0 Å². The van der Waals surface area contributed by atoms with Gasteiger partial charge >= 0.3 is 5.97 Å². The van der Waals surface area contributed by atoms with Crippen LogP contribution >= 0.6 is 0 Å². The molecule has 0 unspecified atom stereocenters. The molecule has 0 saturated carbocycles. The van der Waals surface area contributed by atoms with E-state index in [2.05, 4.69) is 4.98 Å². The van der Waals surface area contributed by atoms with Crippen LogP contribution in [0.2, 0.25) is 0 Å². The van der Waals surface area contributed by atoms with Gasteiger partial charge in [-0.2, -0.15) is 0 Å². The maximum atomic E-state index is 11.8. The van der Waals surface area contributed by atoms with E-state index in [1.54, 1.807) is 0 Å². The normalized spacial score (nSPS) is 10.7. The van der Waals surface area contributed by atoms with Crippen LogP contribution in [0.5, 0.6) is 5.75 Å². The zero-order chi connectivity index (χ0) is 13.8. The van der Waals surface area contributed by atoms with Crippen LogP contribution in [0.15, 0.2) is 41.3 Å². The van der Waals surface area contributed by atoms with Crippen LogP contribution in [0.4, 0.5) is 0 Å². The van der Waals surface area contributed by atoms with E-state index in [0.717, 1.165) is 6.07 Å². The van der Waals surface area contributed by atoms with Crippen molar-refractivity contribution in [3.63, 3.8) is 0 Å². The molecule has 0 aliphatic rings. The first-order valence-electron chi connectivity index (χ1n) is 5.25. The van der Waals surface area contributed by atoms with Crippen molar-refractivity contribution in [1.82, 2.24) is 4.98 Å². The third-order valence-electron chi connectivity index (χ3n) is 2.37. The van der Waals surface area contributed by atoms with E-state index >= 15 is 0 Å². The zero-order valence-corrected chi connectivity index (χ0v) is 9.61. The van der Waals surface area contributed by atoms with Crippen molar-refractivity contribution in [2.45, 2.75) is 0 Å². The number of phenolic OH excluding ortho intramolecular Hbond substituents is 1. The van der Waals surface area contributed by atoms with E-state index in [1.165, 1.54) is 36.9 Å². The van der Waals surface area contributed by atoms with Gasteiger partial charge in [-0.3, -0.25) is 4.79 Å². The summed E-state index contributed by atoms with van der Waals surface area (Å²) in [6.45, 7) is 0. The lowest BCUT2D eigenvalue weighted by Crippen LogP contribution is -2.01. The molecule has 2 N–H and O–H groups in total. The van der Waals surface area contributed by atoms with Crippen molar-refractivity contribution in [2.24, 2.45) is 0 Å². The van der Waals surface area contributed by atoms with E-state index in [4.69, 9.17) is 9.52 Å². The summed E-state index contributed by atoms with van der Waals surface area (Å²) < 4.78 is 4.73. The van der Waals surface area contributed by atoms with Crippen LogP contribution in [0.25, 0.3) is 6.08 Å². The van der Waals surface area contributed by atoms with E-state index in [-0.39, 0.29) is 16.9 Å². The Morgan fingerprint density at radius 3 is 2.74 bits per heavy atom. The summed E-state index contributed by atoms with van der Waals surface area (Å²) in [7, 11) is 0. The largest absolute Gasteiger partial charge is 0.507 e. The highest BCUT2D eigenvalue weighted by Crippen LogP contribution is 2.20. The fourth-order valence-electron chi connectivity index (χ4n) is 1.42. The van der Waals surface area contributed by atoms with Gasteiger partial charge in [-0.1, -0.05) is 0 Å². The number of oxazole rings is 1. The molecule has 0 radical (unpaired) electrons. The molecule has 6 heteroatoms. The molecule has 0 atom stereocenters. The first kappa shape index (κ1) is 12.6. The Hall–Kier alpha value is -2.89. The van der Waals surface area contributed by atoms with Gasteiger partial charge < -0.3 is 14.6 Å². The topological polar surface area (TPSA) is 101 Å². The number of nitrogens with zero attached hydrogens (tertiary/aromatic N) is 1. The number of aromatic nitrogens is 1. The molecule has 0 fully saturated rings. The number of aromatic hydroxyl groups is 1. The number of aromatic carboxylic acids is 1. The molecule has 19 heavy (non-hydrogen) atoms. The Morgan fingerprint density at radius 2 is 2.11 bits per heavy atom. The van der Waals surface area contributed by atoms with Crippen molar-refractivity contribution >= 4 is 17.8 Å². The van der Waals surface area contributed by atoms with Crippen LogP contribution in [0, 0.1) is 0 Å². The first-order valence-corrected chi connectivity index (χ1v) is 5.25. The fourth-order valence-corrected chi connectivity index (χ4v) is 1.42. The number of ketones is 1. The molecule has 0 saturated heterocycles. The van der Waals surface area contributed by atoms with Gasteiger partial charge in [0.15, 0.2) is 12.2 Å². The quantitative estimate of drug-likeness (QED) is 0.643. The smallest absolute Gasteiger partial charge is 0.335 e. The number of carboxylic acid groups (broad SMARTS) is 1. The third-order valence-corrected chi connectivity index (χ3v) is 2.37. The molecule has 1 heterocycles. The standard InChI is InChI=1S/C13H9NO5/c15-11-3-1-8(13(17)18)5-10(11)12(16)4-2-9-6-19-7-14-9/h1-7,15H,(H,17,18)/b4-2+. The molecule has 0 aliphatic heterocycles.